The quantitative estimate of drug-likeness (QED) is 0.446. The van der Waals surface area contributed by atoms with Gasteiger partial charge in [0.15, 0.2) is 5.95 Å². The van der Waals surface area contributed by atoms with Crippen LogP contribution in [0.3, 0.4) is 0 Å². The molecule has 0 spiro atoms. The Morgan fingerprint density at radius 1 is 1.37 bits per heavy atom. The highest BCUT2D eigenvalue weighted by atomic mass is 35.5. The summed E-state index contributed by atoms with van der Waals surface area (Å²) in [5.41, 5.74) is 2.81. The fraction of sp³-hybridized carbons (Fsp3) is 0.238. The number of benzene rings is 1. The van der Waals surface area contributed by atoms with E-state index in [0.717, 1.165) is 34.8 Å². The van der Waals surface area contributed by atoms with Crippen molar-refractivity contribution in [1.82, 2.24) is 10.3 Å². The molecule has 1 aromatic carbocycles. The number of halogens is 2. The van der Waals surface area contributed by atoms with E-state index in [1.54, 1.807) is 6.08 Å². The number of allylic oxidation sites excluding steroid dienone is 2. The third-order valence-electron chi connectivity index (χ3n) is 4.18. The first-order chi connectivity index (χ1) is 13.2. The minimum absolute atomic E-state index is 0.376. The number of aromatic amines is 1. The minimum Gasteiger partial charge on any atom is -0.346 e. The van der Waals surface area contributed by atoms with E-state index in [4.69, 9.17) is 11.6 Å². The maximum absolute atomic E-state index is 14.4. The molecule has 0 amide bonds. The van der Waals surface area contributed by atoms with Crippen molar-refractivity contribution in [3.63, 3.8) is 0 Å². The first kappa shape index (κ1) is 19.1. The lowest BCUT2D eigenvalue weighted by molar-refractivity contribution is 0.592. The fourth-order valence-electron chi connectivity index (χ4n) is 2.84. The molecule has 3 rings (SSSR count). The molecule has 0 unspecified atom stereocenters. The molecule has 0 aliphatic carbocycles. The van der Waals surface area contributed by atoms with Gasteiger partial charge in [0.2, 0.25) is 0 Å². The number of rotatable bonds is 6. The third kappa shape index (κ3) is 5.17. The summed E-state index contributed by atoms with van der Waals surface area (Å²) in [7, 11) is 0. The first-order valence-corrected chi connectivity index (χ1v) is 9.29. The van der Waals surface area contributed by atoms with Crippen LogP contribution in [-0.4, -0.2) is 17.4 Å². The van der Waals surface area contributed by atoms with Gasteiger partial charge in [-0.15, -0.1) is 0 Å². The number of hydrogen-bond donors (Lipinski definition) is 2. The average molecular weight is 385 g/mol. The summed E-state index contributed by atoms with van der Waals surface area (Å²) in [6.45, 7) is 3.04. The van der Waals surface area contributed by atoms with Gasteiger partial charge in [-0.05, 0) is 49.1 Å². The number of amidine groups is 1. The van der Waals surface area contributed by atoms with Gasteiger partial charge in [0.1, 0.15) is 11.3 Å². The Hall–Kier alpha value is -2.66. The summed E-state index contributed by atoms with van der Waals surface area (Å²) in [5.74, 6) is 0.0116. The molecule has 0 fully saturated rings. The molecular formula is C21H22ClFN4. The number of fused-ring (bicyclic) bond motifs is 1. The van der Waals surface area contributed by atoms with E-state index in [2.05, 4.69) is 26.4 Å². The van der Waals surface area contributed by atoms with Gasteiger partial charge in [-0.3, -0.25) is 9.98 Å². The largest absolute Gasteiger partial charge is 0.346 e. The predicted molar refractivity (Wildman–Crippen MR) is 109 cm³/mol. The van der Waals surface area contributed by atoms with Gasteiger partial charge in [0.05, 0.1) is 6.54 Å². The molecule has 0 atom stereocenters. The number of aromatic nitrogens is 1. The Morgan fingerprint density at radius 2 is 2.22 bits per heavy atom. The molecule has 27 heavy (non-hydrogen) atoms. The molecule has 0 saturated heterocycles. The molecule has 0 saturated carbocycles. The molecule has 1 aliphatic rings. The molecule has 2 N–H and O–H groups in total. The molecule has 4 nitrogen and oxygen atoms in total. The lowest BCUT2D eigenvalue weighted by Gasteiger charge is -2.05. The lowest BCUT2D eigenvalue weighted by atomic mass is 10.1. The first-order valence-electron chi connectivity index (χ1n) is 8.91. The van der Waals surface area contributed by atoms with Crippen molar-refractivity contribution in [1.29, 1.82) is 0 Å². The molecule has 1 aromatic heterocycles. The van der Waals surface area contributed by atoms with Crippen LogP contribution in [0.25, 0.3) is 6.08 Å². The maximum atomic E-state index is 14.4. The van der Waals surface area contributed by atoms with Gasteiger partial charge >= 0.3 is 0 Å². The van der Waals surface area contributed by atoms with E-state index in [1.165, 1.54) is 6.08 Å². The Morgan fingerprint density at radius 3 is 3.04 bits per heavy atom. The van der Waals surface area contributed by atoms with Crippen LogP contribution in [0.2, 0.25) is 5.02 Å². The van der Waals surface area contributed by atoms with Crippen molar-refractivity contribution in [2.45, 2.75) is 26.3 Å². The molecule has 140 valence electrons. The van der Waals surface area contributed by atoms with Crippen LogP contribution in [0.1, 0.15) is 24.5 Å². The lowest BCUT2D eigenvalue weighted by Crippen LogP contribution is -2.28. The molecule has 0 radical (unpaired) electrons. The standard InChI is InChI=1S/C21H22ClFN4/c1-2-6-20(25-14-16-7-3-4-9-18(16)22)27-19(23)11-10-15-13-26-21-17(15)8-5-12-24-21/h2-4,6-9,11,13H,5,10,12,14H2,1H3,(H,24,26)(H,25,27)/b6-2-,19-11+. The zero-order valence-electron chi connectivity index (χ0n) is 15.2. The second kappa shape index (κ2) is 9.33. The predicted octanol–water partition coefficient (Wildman–Crippen LogP) is 3.59. The van der Waals surface area contributed by atoms with E-state index in [9.17, 15) is 4.39 Å². The Bertz CT molecular complexity index is 1000. The second-order valence-electron chi connectivity index (χ2n) is 6.12. The van der Waals surface area contributed by atoms with Gasteiger partial charge in [0, 0.05) is 23.0 Å². The summed E-state index contributed by atoms with van der Waals surface area (Å²) >= 11 is 6.15. The van der Waals surface area contributed by atoms with Crippen LogP contribution in [0.5, 0.6) is 0 Å². The summed E-state index contributed by atoms with van der Waals surface area (Å²) in [4.78, 5) is 12.0. The smallest absolute Gasteiger partial charge is 0.188 e. The molecular weight excluding hydrogens is 363 g/mol. The van der Waals surface area contributed by atoms with Gasteiger partial charge in [-0.25, -0.2) is 0 Å². The molecule has 6 heteroatoms. The van der Waals surface area contributed by atoms with E-state index in [0.29, 0.717) is 23.8 Å². The fourth-order valence-corrected chi connectivity index (χ4v) is 3.03. The number of aliphatic imine (C=N–C) groups is 1. The Kier molecular flexibility index (Phi) is 6.60. The number of hydrogen-bond acceptors (Lipinski definition) is 2. The highest BCUT2D eigenvalue weighted by Gasteiger charge is 2.05. The van der Waals surface area contributed by atoms with Crippen molar-refractivity contribution in [2.24, 2.45) is 9.98 Å². The number of H-pyrrole nitrogens is 1. The highest BCUT2D eigenvalue weighted by Crippen LogP contribution is 2.15. The van der Waals surface area contributed by atoms with Gasteiger partial charge in [-0.1, -0.05) is 42.0 Å². The Labute approximate surface area is 162 Å². The van der Waals surface area contributed by atoms with Crippen LogP contribution in [0.15, 0.2) is 64.6 Å². The van der Waals surface area contributed by atoms with Crippen LogP contribution < -0.4 is 16.0 Å². The zero-order valence-corrected chi connectivity index (χ0v) is 15.9. The number of nitrogens with zero attached hydrogens (tertiary/aromatic N) is 2. The number of nitrogens with one attached hydrogen (secondary N) is 2. The van der Waals surface area contributed by atoms with Crippen LogP contribution >= 0.6 is 11.6 Å². The van der Waals surface area contributed by atoms with Crippen molar-refractivity contribution in [3.8, 4) is 0 Å². The van der Waals surface area contributed by atoms with E-state index in [1.807, 2.05) is 43.5 Å². The highest BCUT2D eigenvalue weighted by molar-refractivity contribution is 6.31. The van der Waals surface area contributed by atoms with Crippen LogP contribution in [0, 0.1) is 0 Å². The van der Waals surface area contributed by atoms with E-state index >= 15 is 0 Å². The SMILES string of the molecule is C/C=C\C(=NCc1ccccc1Cl)N/C(F)=C/Cc1c[nH]c2c1=CCCN=2. The minimum atomic E-state index is -0.436. The van der Waals surface area contributed by atoms with Gasteiger partial charge in [0.25, 0.3) is 0 Å². The summed E-state index contributed by atoms with van der Waals surface area (Å²) < 4.78 is 14.4. The summed E-state index contributed by atoms with van der Waals surface area (Å²) in [6.07, 6.45) is 10.5. The third-order valence-corrected chi connectivity index (χ3v) is 4.55. The zero-order chi connectivity index (χ0) is 19.1. The van der Waals surface area contributed by atoms with Crippen molar-refractivity contribution >= 4 is 23.5 Å². The molecule has 0 bridgehead atoms. The second-order valence-corrected chi connectivity index (χ2v) is 6.53. The van der Waals surface area contributed by atoms with Crippen LogP contribution in [-0.2, 0) is 13.0 Å². The van der Waals surface area contributed by atoms with Crippen LogP contribution in [0.4, 0.5) is 4.39 Å². The van der Waals surface area contributed by atoms with E-state index < -0.39 is 5.95 Å². The summed E-state index contributed by atoms with van der Waals surface area (Å²) in [6, 6.07) is 7.49. The van der Waals surface area contributed by atoms with E-state index in [-0.39, 0.29) is 0 Å². The van der Waals surface area contributed by atoms with Gasteiger partial charge in [-0.2, -0.15) is 4.39 Å². The maximum Gasteiger partial charge on any atom is 0.188 e. The summed E-state index contributed by atoms with van der Waals surface area (Å²) in [5, 5.41) is 4.45. The Balaban J connectivity index is 1.69. The van der Waals surface area contributed by atoms with Gasteiger partial charge < -0.3 is 10.3 Å². The molecule has 2 aromatic rings. The van der Waals surface area contributed by atoms with Crippen molar-refractivity contribution in [2.75, 3.05) is 6.54 Å². The monoisotopic (exact) mass is 384 g/mol. The van der Waals surface area contributed by atoms with Crippen molar-refractivity contribution in [3.05, 3.63) is 81.5 Å². The molecule has 2 heterocycles. The normalized spacial score (nSPS) is 14.6. The van der Waals surface area contributed by atoms with Crippen molar-refractivity contribution < 1.29 is 4.39 Å². The molecule has 1 aliphatic heterocycles. The average Bonchev–Trinajstić information content (AvgIpc) is 3.09. The topological polar surface area (TPSA) is 52.5 Å².